The van der Waals surface area contributed by atoms with Crippen molar-refractivity contribution in [3.63, 3.8) is 0 Å². The highest BCUT2D eigenvalue weighted by atomic mass is 14.8. The van der Waals surface area contributed by atoms with Gasteiger partial charge < -0.3 is 22.9 Å². The van der Waals surface area contributed by atoms with Gasteiger partial charge in [-0.3, -0.25) is 0 Å². The number of nitrogens with two attached hydrogens (primary N) is 4. The van der Waals surface area contributed by atoms with Gasteiger partial charge in [-0.25, -0.2) is 0 Å². The maximum Gasteiger partial charge on any atom is 0.0264 e. The molecule has 8 N–H and O–H groups in total. The SMILES string of the molecule is CC(N)(CN)CC(N)CCCCN. The Morgan fingerprint density at radius 2 is 1.85 bits per heavy atom. The lowest BCUT2D eigenvalue weighted by Crippen LogP contribution is -2.48. The van der Waals surface area contributed by atoms with Gasteiger partial charge in [0.1, 0.15) is 0 Å². The number of hydrogen-bond acceptors (Lipinski definition) is 4. The number of rotatable bonds is 7. The molecule has 0 heterocycles. The van der Waals surface area contributed by atoms with E-state index in [0.29, 0.717) is 6.54 Å². The minimum Gasteiger partial charge on any atom is -0.330 e. The van der Waals surface area contributed by atoms with Crippen LogP contribution < -0.4 is 22.9 Å². The highest BCUT2D eigenvalue weighted by molar-refractivity contribution is 4.84. The first-order chi connectivity index (χ1) is 6.02. The van der Waals surface area contributed by atoms with Gasteiger partial charge in [0.15, 0.2) is 0 Å². The van der Waals surface area contributed by atoms with Crippen molar-refractivity contribution in [2.45, 2.75) is 44.2 Å². The lowest BCUT2D eigenvalue weighted by atomic mass is 9.92. The zero-order valence-corrected chi connectivity index (χ0v) is 8.63. The van der Waals surface area contributed by atoms with Crippen LogP contribution in [0.2, 0.25) is 0 Å². The normalized spacial score (nSPS) is 18.2. The average Bonchev–Trinajstić information content (AvgIpc) is 2.04. The molecular formula is C9H24N4. The Balaban J connectivity index is 3.55. The van der Waals surface area contributed by atoms with Crippen molar-refractivity contribution in [3.05, 3.63) is 0 Å². The average molecular weight is 188 g/mol. The van der Waals surface area contributed by atoms with Crippen LogP contribution in [0.5, 0.6) is 0 Å². The van der Waals surface area contributed by atoms with E-state index in [9.17, 15) is 0 Å². The van der Waals surface area contributed by atoms with Crippen molar-refractivity contribution in [3.8, 4) is 0 Å². The molecule has 0 fully saturated rings. The highest BCUT2D eigenvalue weighted by Crippen LogP contribution is 2.10. The minimum absolute atomic E-state index is 0.157. The van der Waals surface area contributed by atoms with Crippen LogP contribution >= 0.6 is 0 Å². The Kier molecular flexibility index (Phi) is 6.24. The first-order valence-electron chi connectivity index (χ1n) is 4.96. The fourth-order valence-electron chi connectivity index (χ4n) is 1.34. The largest absolute Gasteiger partial charge is 0.330 e. The van der Waals surface area contributed by atoms with Gasteiger partial charge >= 0.3 is 0 Å². The van der Waals surface area contributed by atoms with E-state index in [1.807, 2.05) is 6.92 Å². The molecule has 2 atom stereocenters. The lowest BCUT2D eigenvalue weighted by Gasteiger charge is -2.26. The predicted octanol–water partition coefficient (Wildman–Crippen LogP) is -0.491. The van der Waals surface area contributed by atoms with Gasteiger partial charge in [0.25, 0.3) is 0 Å². The van der Waals surface area contributed by atoms with Crippen LogP contribution in [0.4, 0.5) is 0 Å². The third-order valence-electron chi connectivity index (χ3n) is 2.22. The van der Waals surface area contributed by atoms with Gasteiger partial charge in [-0.2, -0.15) is 0 Å². The van der Waals surface area contributed by atoms with Gasteiger partial charge in [-0.05, 0) is 32.7 Å². The molecule has 0 aliphatic carbocycles. The first kappa shape index (κ1) is 12.8. The van der Waals surface area contributed by atoms with Crippen LogP contribution in [0.3, 0.4) is 0 Å². The molecule has 0 aliphatic heterocycles. The van der Waals surface area contributed by atoms with Crippen LogP contribution in [-0.2, 0) is 0 Å². The van der Waals surface area contributed by atoms with Crippen molar-refractivity contribution < 1.29 is 0 Å². The Morgan fingerprint density at radius 1 is 1.23 bits per heavy atom. The second kappa shape index (κ2) is 6.32. The van der Waals surface area contributed by atoms with E-state index >= 15 is 0 Å². The summed E-state index contributed by atoms with van der Waals surface area (Å²) in [4.78, 5) is 0. The summed E-state index contributed by atoms with van der Waals surface area (Å²) in [6, 6.07) is 0.157. The fraction of sp³-hybridized carbons (Fsp3) is 1.00. The molecule has 0 bridgehead atoms. The van der Waals surface area contributed by atoms with Crippen molar-refractivity contribution in [1.82, 2.24) is 0 Å². The van der Waals surface area contributed by atoms with Crippen LogP contribution in [0.1, 0.15) is 32.6 Å². The molecule has 0 aliphatic rings. The number of hydrogen-bond donors (Lipinski definition) is 4. The Morgan fingerprint density at radius 3 is 2.31 bits per heavy atom. The Hall–Kier alpha value is -0.160. The molecule has 0 aromatic heterocycles. The summed E-state index contributed by atoms with van der Waals surface area (Å²) in [7, 11) is 0. The first-order valence-corrected chi connectivity index (χ1v) is 4.96. The maximum absolute atomic E-state index is 5.90. The third-order valence-corrected chi connectivity index (χ3v) is 2.22. The van der Waals surface area contributed by atoms with E-state index in [1.54, 1.807) is 0 Å². The molecule has 0 saturated heterocycles. The van der Waals surface area contributed by atoms with E-state index in [4.69, 9.17) is 22.9 Å². The summed E-state index contributed by atoms with van der Waals surface area (Å²) < 4.78 is 0. The summed E-state index contributed by atoms with van der Waals surface area (Å²) in [5.41, 5.74) is 22.4. The molecule has 0 saturated carbocycles. The van der Waals surface area contributed by atoms with E-state index in [-0.39, 0.29) is 11.6 Å². The van der Waals surface area contributed by atoms with Crippen LogP contribution in [0.25, 0.3) is 0 Å². The van der Waals surface area contributed by atoms with Gasteiger partial charge in [0, 0.05) is 18.1 Å². The Labute approximate surface area is 81.0 Å². The van der Waals surface area contributed by atoms with Crippen LogP contribution in [0, 0.1) is 0 Å². The Bertz CT molecular complexity index is 125. The van der Waals surface area contributed by atoms with Crippen molar-refractivity contribution in [2.75, 3.05) is 13.1 Å². The van der Waals surface area contributed by atoms with E-state index in [2.05, 4.69) is 0 Å². The maximum atomic E-state index is 5.90. The van der Waals surface area contributed by atoms with Crippen molar-refractivity contribution in [2.24, 2.45) is 22.9 Å². The summed E-state index contributed by atoms with van der Waals surface area (Å²) in [6.45, 7) is 3.16. The molecule has 0 aromatic rings. The quantitative estimate of drug-likeness (QED) is 0.405. The molecule has 0 amide bonds. The molecule has 0 rings (SSSR count). The molecule has 0 aromatic carbocycles. The minimum atomic E-state index is -0.317. The van der Waals surface area contributed by atoms with Crippen LogP contribution in [-0.4, -0.2) is 24.7 Å². The molecule has 0 radical (unpaired) electrons. The summed E-state index contributed by atoms with van der Waals surface area (Å²) in [6.07, 6.45) is 3.90. The lowest BCUT2D eigenvalue weighted by molar-refractivity contribution is 0.381. The number of unbranched alkanes of at least 4 members (excludes halogenated alkanes) is 1. The molecule has 4 heteroatoms. The summed E-state index contributed by atoms with van der Waals surface area (Å²) in [5, 5.41) is 0. The standard InChI is InChI=1S/C9H24N4/c1-9(13,7-11)6-8(12)4-2-3-5-10/h8H,2-7,10-13H2,1H3. The van der Waals surface area contributed by atoms with Crippen molar-refractivity contribution in [1.29, 1.82) is 0 Å². The second-order valence-corrected chi connectivity index (χ2v) is 4.11. The highest BCUT2D eigenvalue weighted by Gasteiger charge is 2.19. The van der Waals surface area contributed by atoms with Gasteiger partial charge in [-0.15, -0.1) is 0 Å². The van der Waals surface area contributed by atoms with Crippen LogP contribution in [0.15, 0.2) is 0 Å². The molecular weight excluding hydrogens is 164 g/mol. The topological polar surface area (TPSA) is 104 Å². The molecule has 0 spiro atoms. The molecule has 4 nitrogen and oxygen atoms in total. The fourth-order valence-corrected chi connectivity index (χ4v) is 1.34. The van der Waals surface area contributed by atoms with Gasteiger partial charge in [-0.1, -0.05) is 6.42 Å². The zero-order chi connectivity index (χ0) is 10.3. The van der Waals surface area contributed by atoms with E-state index < -0.39 is 0 Å². The third kappa shape index (κ3) is 6.95. The molecule has 80 valence electrons. The predicted molar refractivity (Wildman–Crippen MR) is 57.1 cm³/mol. The van der Waals surface area contributed by atoms with E-state index in [1.165, 1.54) is 0 Å². The molecule has 2 unspecified atom stereocenters. The van der Waals surface area contributed by atoms with E-state index in [0.717, 1.165) is 32.2 Å². The molecule has 13 heavy (non-hydrogen) atoms. The smallest absolute Gasteiger partial charge is 0.0264 e. The van der Waals surface area contributed by atoms with Gasteiger partial charge in [0.05, 0.1) is 0 Å². The van der Waals surface area contributed by atoms with Crippen molar-refractivity contribution >= 4 is 0 Å². The monoisotopic (exact) mass is 188 g/mol. The summed E-state index contributed by atoms with van der Waals surface area (Å²) in [5.74, 6) is 0. The second-order valence-electron chi connectivity index (χ2n) is 4.11. The van der Waals surface area contributed by atoms with Gasteiger partial charge in [0.2, 0.25) is 0 Å². The zero-order valence-electron chi connectivity index (χ0n) is 8.63. The summed E-state index contributed by atoms with van der Waals surface area (Å²) >= 11 is 0.